The van der Waals surface area contributed by atoms with Crippen molar-refractivity contribution in [3.05, 3.63) is 67.0 Å². The average Bonchev–Trinajstić information content (AvgIpc) is 3.43. The van der Waals surface area contributed by atoms with Crippen molar-refractivity contribution in [3.63, 3.8) is 0 Å². The summed E-state index contributed by atoms with van der Waals surface area (Å²) in [7, 11) is 3.06. The lowest BCUT2D eigenvalue weighted by Gasteiger charge is -2.31. The number of anilines is 1. The van der Waals surface area contributed by atoms with E-state index in [1.165, 1.54) is 35.4 Å². The molecule has 3 aliphatic rings. The van der Waals surface area contributed by atoms with Crippen LogP contribution in [0.15, 0.2) is 56.8 Å². The van der Waals surface area contributed by atoms with Crippen molar-refractivity contribution in [1.82, 2.24) is 9.47 Å². The van der Waals surface area contributed by atoms with E-state index in [-0.39, 0.29) is 29.1 Å². The Labute approximate surface area is 252 Å². The lowest BCUT2D eigenvalue weighted by molar-refractivity contribution is -0.136. The Morgan fingerprint density at radius 1 is 1.00 bits per heavy atom. The van der Waals surface area contributed by atoms with Crippen LogP contribution in [0.3, 0.4) is 0 Å². The van der Waals surface area contributed by atoms with Crippen molar-refractivity contribution < 1.29 is 28.6 Å². The fourth-order valence-corrected chi connectivity index (χ4v) is 8.59. The van der Waals surface area contributed by atoms with Gasteiger partial charge in [-0.3, -0.25) is 23.7 Å². The maximum absolute atomic E-state index is 14.1. The summed E-state index contributed by atoms with van der Waals surface area (Å²) in [5.41, 5.74) is 1.19. The standard InChI is InChI=1S/C28H26BrN3O7S2/c1-37-18-8-3-15(13-19(18)38-2)21-22-23(26(35)32(25(22)34)17-6-4-16(29)5-7-17)40-27-24(21)41-28(36)31(27)14-20(33)30-9-11-39-12-10-30/h3-8,13,21-23H,9-12,14H2,1-2H3/t21-,22-,23+/m0/s1. The molecular weight excluding hydrogens is 634 g/mol. The van der Waals surface area contributed by atoms with Gasteiger partial charge in [-0.25, -0.2) is 4.90 Å². The Balaban J connectivity index is 1.46. The minimum absolute atomic E-state index is 0.147. The fraction of sp³-hybridized carbons (Fsp3) is 0.357. The number of rotatable bonds is 6. The molecule has 0 aliphatic carbocycles. The predicted octanol–water partition coefficient (Wildman–Crippen LogP) is 3.34. The van der Waals surface area contributed by atoms with Crippen LogP contribution in [0.25, 0.3) is 0 Å². The Morgan fingerprint density at radius 2 is 1.71 bits per heavy atom. The average molecular weight is 661 g/mol. The van der Waals surface area contributed by atoms with Crippen LogP contribution in [0, 0.1) is 5.92 Å². The number of fused-ring (bicyclic) bond motifs is 2. The van der Waals surface area contributed by atoms with Crippen molar-refractivity contribution in [1.29, 1.82) is 0 Å². The topological polar surface area (TPSA) is 107 Å². The van der Waals surface area contributed by atoms with Crippen LogP contribution in [-0.4, -0.2) is 73.0 Å². The van der Waals surface area contributed by atoms with Crippen LogP contribution >= 0.6 is 39.0 Å². The van der Waals surface area contributed by atoms with E-state index in [0.29, 0.717) is 59.0 Å². The molecule has 0 N–H and O–H groups in total. The number of methoxy groups -OCH3 is 2. The number of hydrogen-bond acceptors (Lipinski definition) is 9. The van der Waals surface area contributed by atoms with Crippen molar-refractivity contribution in [2.75, 3.05) is 45.4 Å². The van der Waals surface area contributed by atoms with Gasteiger partial charge in [0.2, 0.25) is 17.7 Å². The number of amides is 3. The van der Waals surface area contributed by atoms with Gasteiger partial charge in [0.1, 0.15) is 11.8 Å². The third-order valence-corrected chi connectivity index (χ3v) is 10.7. The molecule has 2 fully saturated rings. The monoisotopic (exact) mass is 659 g/mol. The molecule has 3 atom stereocenters. The quantitative estimate of drug-likeness (QED) is 0.371. The number of imide groups is 1. The molecule has 1 aromatic heterocycles. The zero-order chi connectivity index (χ0) is 28.8. The van der Waals surface area contributed by atoms with Gasteiger partial charge in [0.15, 0.2) is 11.5 Å². The highest BCUT2D eigenvalue weighted by molar-refractivity contribution is 9.10. The number of nitrogens with zero attached hydrogens (tertiary/aromatic N) is 3. The van der Waals surface area contributed by atoms with Crippen molar-refractivity contribution in [2.45, 2.75) is 22.7 Å². The van der Waals surface area contributed by atoms with Crippen LogP contribution in [0.1, 0.15) is 16.4 Å². The second-order valence-corrected chi connectivity index (χ2v) is 12.8. The smallest absolute Gasteiger partial charge is 0.308 e. The summed E-state index contributed by atoms with van der Waals surface area (Å²) in [6.45, 7) is 1.67. The van der Waals surface area contributed by atoms with Gasteiger partial charge in [-0.15, -0.1) is 0 Å². The van der Waals surface area contributed by atoms with Gasteiger partial charge in [0.25, 0.3) is 0 Å². The highest BCUT2D eigenvalue weighted by Gasteiger charge is 2.57. The molecule has 3 aliphatic heterocycles. The zero-order valence-corrected chi connectivity index (χ0v) is 25.4. The lowest BCUT2D eigenvalue weighted by atomic mass is 9.83. The van der Waals surface area contributed by atoms with E-state index < -0.39 is 17.1 Å². The highest BCUT2D eigenvalue weighted by Crippen LogP contribution is 2.54. The van der Waals surface area contributed by atoms with Crippen LogP contribution in [0.2, 0.25) is 0 Å². The molecule has 2 saturated heterocycles. The third-order valence-electron chi connectivity index (χ3n) is 7.56. The number of halogens is 1. The van der Waals surface area contributed by atoms with Crippen LogP contribution in [0.5, 0.6) is 11.5 Å². The number of thioether (sulfide) groups is 1. The van der Waals surface area contributed by atoms with Crippen LogP contribution in [-0.2, 0) is 25.7 Å². The minimum Gasteiger partial charge on any atom is -0.493 e. The van der Waals surface area contributed by atoms with Gasteiger partial charge in [-0.2, -0.15) is 0 Å². The summed E-state index contributed by atoms with van der Waals surface area (Å²) in [4.78, 5) is 57.7. The number of morpholine rings is 1. The first-order chi connectivity index (χ1) is 19.8. The summed E-state index contributed by atoms with van der Waals surface area (Å²) in [6, 6.07) is 12.4. The molecule has 0 radical (unpaired) electrons. The summed E-state index contributed by atoms with van der Waals surface area (Å²) in [6.07, 6.45) is 0. The molecule has 41 heavy (non-hydrogen) atoms. The molecule has 6 rings (SSSR count). The zero-order valence-electron chi connectivity index (χ0n) is 22.2. The third kappa shape index (κ3) is 4.88. The first-order valence-electron chi connectivity index (χ1n) is 12.9. The molecule has 0 saturated carbocycles. The second-order valence-electron chi connectivity index (χ2n) is 9.76. The molecule has 0 bridgehead atoms. The Kier molecular flexibility index (Phi) is 7.70. The Morgan fingerprint density at radius 3 is 2.39 bits per heavy atom. The fourth-order valence-electron chi connectivity index (χ4n) is 5.55. The number of carbonyl (C=O) groups excluding carboxylic acids is 3. The predicted molar refractivity (Wildman–Crippen MR) is 157 cm³/mol. The van der Waals surface area contributed by atoms with Crippen LogP contribution < -0.4 is 19.2 Å². The number of benzene rings is 2. The van der Waals surface area contributed by atoms with Gasteiger partial charge in [0, 0.05) is 28.4 Å². The van der Waals surface area contributed by atoms with Crippen molar-refractivity contribution in [3.8, 4) is 11.5 Å². The molecule has 10 nitrogen and oxygen atoms in total. The molecule has 0 unspecified atom stereocenters. The molecule has 2 aromatic carbocycles. The summed E-state index contributed by atoms with van der Waals surface area (Å²) in [5.74, 6) is -1.26. The summed E-state index contributed by atoms with van der Waals surface area (Å²) >= 11 is 5.61. The number of aromatic nitrogens is 1. The highest BCUT2D eigenvalue weighted by atomic mass is 79.9. The van der Waals surface area contributed by atoms with E-state index >= 15 is 0 Å². The molecule has 214 valence electrons. The second kappa shape index (κ2) is 11.3. The molecule has 4 heterocycles. The lowest BCUT2D eigenvalue weighted by Crippen LogP contribution is -2.43. The summed E-state index contributed by atoms with van der Waals surface area (Å²) in [5, 5.41) is -0.239. The van der Waals surface area contributed by atoms with E-state index in [1.54, 1.807) is 41.3 Å². The van der Waals surface area contributed by atoms with E-state index in [4.69, 9.17) is 14.2 Å². The van der Waals surface area contributed by atoms with Crippen molar-refractivity contribution >= 4 is 62.4 Å². The maximum Gasteiger partial charge on any atom is 0.308 e. The SMILES string of the molecule is COc1ccc([C@@H]2c3sc(=O)n(CC(=O)N4CCOCC4)c3S[C@H]3C(=O)N(c4ccc(Br)cc4)C(=O)[C@@H]23)cc1OC. The Hall–Kier alpha value is -3.13. The normalized spacial score (nSPS) is 22.0. The van der Waals surface area contributed by atoms with Gasteiger partial charge >= 0.3 is 4.87 Å². The number of carbonyl (C=O) groups is 3. The van der Waals surface area contributed by atoms with Gasteiger partial charge < -0.3 is 19.1 Å². The van der Waals surface area contributed by atoms with Gasteiger partial charge in [-0.1, -0.05) is 45.1 Å². The van der Waals surface area contributed by atoms with E-state index in [0.717, 1.165) is 15.8 Å². The molecule has 13 heteroatoms. The molecular formula is C28H26BrN3O7S2. The first-order valence-corrected chi connectivity index (χ1v) is 15.4. The number of ether oxygens (including phenoxy) is 3. The van der Waals surface area contributed by atoms with E-state index in [9.17, 15) is 19.2 Å². The first kappa shape index (κ1) is 28.0. The number of hydrogen-bond donors (Lipinski definition) is 0. The van der Waals surface area contributed by atoms with Crippen LogP contribution in [0.4, 0.5) is 5.69 Å². The largest absolute Gasteiger partial charge is 0.493 e. The maximum atomic E-state index is 14.1. The molecule has 3 amide bonds. The molecule has 0 spiro atoms. The van der Waals surface area contributed by atoms with E-state index in [2.05, 4.69) is 15.9 Å². The van der Waals surface area contributed by atoms with Gasteiger partial charge in [-0.05, 0) is 42.0 Å². The van der Waals surface area contributed by atoms with Crippen molar-refractivity contribution in [2.24, 2.45) is 5.92 Å². The number of thiazole rings is 1. The Bertz CT molecular complexity index is 1580. The summed E-state index contributed by atoms with van der Waals surface area (Å²) < 4.78 is 18.6. The van der Waals surface area contributed by atoms with Gasteiger partial charge in [0.05, 0.1) is 44.1 Å². The molecule has 3 aromatic rings. The van der Waals surface area contributed by atoms with E-state index in [1.807, 2.05) is 6.07 Å². The minimum atomic E-state index is -0.782.